The van der Waals surface area contributed by atoms with E-state index in [-0.39, 0.29) is 0 Å². The third-order valence-corrected chi connectivity index (χ3v) is 3.95. The fourth-order valence-corrected chi connectivity index (χ4v) is 2.88. The number of aromatic amines is 1. The molecular formula is C14H20N4. The first-order chi connectivity index (χ1) is 8.75. The topological polar surface area (TPSA) is 57.9 Å². The van der Waals surface area contributed by atoms with E-state index in [1.165, 1.54) is 25.7 Å². The molecule has 1 aromatic carbocycles. The van der Waals surface area contributed by atoms with Gasteiger partial charge in [-0.1, -0.05) is 12.8 Å². The summed E-state index contributed by atoms with van der Waals surface area (Å²) in [5.74, 6) is 0. The highest BCUT2D eigenvalue weighted by atomic mass is 15.2. The minimum atomic E-state index is 0.565. The van der Waals surface area contributed by atoms with Crippen LogP contribution >= 0.6 is 0 Å². The second-order valence-electron chi connectivity index (χ2n) is 5.26. The van der Waals surface area contributed by atoms with E-state index in [0.717, 1.165) is 28.8 Å². The lowest BCUT2D eigenvalue weighted by molar-refractivity contribution is 0.617. The summed E-state index contributed by atoms with van der Waals surface area (Å²) in [6.45, 7) is 3.40. The van der Waals surface area contributed by atoms with Gasteiger partial charge in [-0.15, -0.1) is 0 Å². The minimum Gasteiger partial charge on any atom is -0.397 e. The van der Waals surface area contributed by atoms with Gasteiger partial charge in [-0.05, 0) is 31.9 Å². The van der Waals surface area contributed by atoms with E-state index < -0.39 is 0 Å². The number of fused-ring (bicyclic) bond motifs is 1. The molecule has 3 N–H and O–H groups in total. The average molecular weight is 244 g/mol. The van der Waals surface area contributed by atoms with Gasteiger partial charge < -0.3 is 10.6 Å². The average Bonchev–Trinajstić information content (AvgIpc) is 2.69. The molecule has 4 heteroatoms. The summed E-state index contributed by atoms with van der Waals surface area (Å²) in [6.07, 6.45) is 6.98. The molecular weight excluding hydrogens is 224 g/mol. The predicted molar refractivity (Wildman–Crippen MR) is 75.8 cm³/mol. The minimum absolute atomic E-state index is 0.565. The van der Waals surface area contributed by atoms with Crippen LogP contribution in [0.3, 0.4) is 0 Å². The van der Waals surface area contributed by atoms with Gasteiger partial charge in [0.05, 0.1) is 23.1 Å². The normalized spacial score (nSPS) is 21.2. The molecule has 2 heterocycles. The smallest absolute Gasteiger partial charge is 0.0672 e. The quantitative estimate of drug-likeness (QED) is 0.758. The van der Waals surface area contributed by atoms with Gasteiger partial charge >= 0.3 is 0 Å². The highest BCUT2D eigenvalue weighted by Gasteiger charge is 2.19. The molecule has 1 aliphatic rings. The summed E-state index contributed by atoms with van der Waals surface area (Å²) >= 11 is 0. The fraction of sp³-hybridized carbons (Fsp3) is 0.500. The zero-order chi connectivity index (χ0) is 12.5. The van der Waals surface area contributed by atoms with Crippen LogP contribution in [0.1, 0.15) is 32.6 Å². The van der Waals surface area contributed by atoms with Gasteiger partial charge in [0, 0.05) is 18.0 Å². The molecule has 1 unspecified atom stereocenters. The number of H-pyrrole nitrogens is 1. The molecule has 4 nitrogen and oxygen atoms in total. The summed E-state index contributed by atoms with van der Waals surface area (Å²) in [5.41, 5.74) is 9.28. The Labute approximate surface area is 107 Å². The monoisotopic (exact) mass is 244 g/mol. The number of aromatic nitrogens is 2. The summed E-state index contributed by atoms with van der Waals surface area (Å²) < 4.78 is 0. The molecule has 0 bridgehead atoms. The summed E-state index contributed by atoms with van der Waals surface area (Å²) in [5, 5.41) is 8.17. The first-order valence-corrected chi connectivity index (χ1v) is 6.75. The van der Waals surface area contributed by atoms with E-state index >= 15 is 0 Å². The molecule has 96 valence electrons. The van der Waals surface area contributed by atoms with Crippen LogP contribution in [0, 0.1) is 0 Å². The Hall–Kier alpha value is -1.71. The number of nitrogens with zero attached hydrogens (tertiary/aromatic N) is 2. The fourth-order valence-electron chi connectivity index (χ4n) is 2.88. The maximum absolute atomic E-state index is 6.21. The molecule has 0 spiro atoms. The van der Waals surface area contributed by atoms with Crippen molar-refractivity contribution < 1.29 is 0 Å². The highest BCUT2D eigenvalue weighted by molar-refractivity contribution is 5.89. The Kier molecular flexibility index (Phi) is 2.86. The molecule has 0 aliphatic carbocycles. The van der Waals surface area contributed by atoms with Crippen molar-refractivity contribution in [1.29, 1.82) is 0 Å². The van der Waals surface area contributed by atoms with Crippen LogP contribution in [0.5, 0.6) is 0 Å². The van der Waals surface area contributed by atoms with Crippen LogP contribution in [-0.2, 0) is 0 Å². The number of hydrogen-bond acceptors (Lipinski definition) is 3. The van der Waals surface area contributed by atoms with E-state index in [0.29, 0.717) is 6.04 Å². The third-order valence-electron chi connectivity index (χ3n) is 3.95. The molecule has 3 rings (SSSR count). The van der Waals surface area contributed by atoms with Crippen LogP contribution in [-0.4, -0.2) is 22.8 Å². The third kappa shape index (κ3) is 1.92. The maximum Gasteiger partial charge on any atom is 0.0672 e. The number of benzene rings is 1. The van der Waals surface area contributed by atoms with E-state index in [1.54, 1.807) is 0 Å². The number of nitrogens with two attached hydrogens (primary N) is 1. The highest BCUT2D eigenvalue weighted by Crippen LogP contribution is 2.32. The molecule has 0 amide bonds. The lowest BCUT2D eigenvalue weighted by atomic mass is 10.1. The van der Waals surface area contributed by atoms with Gasteiger partial charge in [-0.2, -0.15) is 5.10 Å². The van der Waals surface area contributed by atoms with Crippen LogP contribution in [0.15, 0.2) is 18.3 Å². The molecule has 2 aromatic rings. The summed E-state index contributed by atoms with van der Waals surface area (Å²) in [6, 6.07) is 4.72. The number of nitrogens with one attached hydrogen (secondary N) is 1. The van der Waals surface area contributed by atoms with Crippen LogP contribution < -0.4 is 10.6 Å². The number of rotatable bonds is 1. The van der Waals surface area contributed by atoms with Gasteiger partial charge in [0.1, 0.15) is 0 Å². The molecule has 1 saturated heterocycles. The second kappa shape index (κ2) is 4.52. The maximum atomic E-state index is 6.21. The van der Waals surface area contributed by atoms with Gasteiger partial charge in [0.15, 0.2) is 0 Å². The van der Waals surface area contributed by atoms with Crippen molar-refractivity contribution in [2.45, 2.75) is 38.6 Å². The van der Waals surface area contributed by atoms with E-state index in [1.807, 2.05) is 12.3 Å². The van der Waals surface area contributed by atoms with Crippen molar-refractivity contribution in [3.05, 3.63) is 18.3 Å². The number of hydrogen-bond donors (Lipinski definition) is 2. The van der Waals surface area contributed by atoms with Gasteiger partial charge in [0.2, 0.25) is 0 Å². The van der Waals surface area contributed by atoms with Crippen molar-refractivity contribution in [3.63, 3.8) is 0 Å². The lowest BCUT2D eigenvalue weighted by Gasteiger charge is -2.30. The molecule has 1 aliphatic heterocycles. The van der Waals surface area contributed by atoms with E-state index in [2.05, 4.69) is 28.1 Å². The summed E-state index contributed by atoms with van der Waals surface area (Å²) in [4.78, 5) is 2.45. The molecule has 0 radical (unpaired) electrons. The van der Waals surface area contributed by atoms with Gasteiger partial charge in [-0.3, -0.25) is 5.10 Å². The zero-order valence-corrected chi connectivity index (χ0v) is 10.8. The Bertz CT molecular complexity index is 546. The standard InChI is InChI=1S/C14H20N4/c1-10-5-3-2-4-6-18(10)14-8-13-11(7-12(14)15)9-16-17-13/h7-10H,2-6,15H2,1H3,(H,16,17). The van der Waals surface area contributed by atoms with Crippen molar-refractivity contribution in [1.82, 2.24) is 10.2 Å². The van der Waals surface area contributed by atoms with Crippen molar-refractivity contribution in [3.8, 4) is 0 Å². The largest absolute Gasteiger partial charge is 0.397 e. The van der Waals surface area contributed by atoms with Crippen LogP contribution in [0.2, 0.25) is 0 Å². The Morgan fingerprint density at radius 2 is 2.22 bits per heavy atom. The van der Waals surface area contributed by atoms with Crippen molar-refractivity contribution in [2.24, 2.45) is 0 Å². The molecule has 1 atom stereocenters. The number of nitrogen functional groups attached to an aromatic ring is 1. The number of anilines is 2. The van der Waals surface area contributed by atoms with Crippen LogP contribution in [0.4, 0.5) is 11.4 Å². The van der Waals surface area contributed by atoms with Crippen LogP contribution in [0.25, 0.3) is 10.9 Å². The van der Waals surface area contributed by atoms with E-state index in [9.17, 15) is 0 Å². The Morgan fingerprint density at radius 3 is 3.11 bits per heavy atom. The molecule has 18 heavy (non-hydrogen) atoms. The molecule has 0 saturated carbocycles. The van der Waals surface area contributed by atoms with Crippen molar-refractivity contribution in [2.75, 3.05) is 17.2 Å². The first-order valence-electron chi connectivity index (χ1n) is 6.75. The SMILES string of the molecule is CC1CCCCCN1c1cc2[nH]ncc2cc1N. The van der Waals surface area contributed by atoms with Gasteiger partial charge in [-0.25, -0.2) is 0 Å². The second-order valence-corrected chi connectivity index (χ2v) is 5.26. The Balaban J connectivity index is 2.03. The molecule has 1 aromatic heterocycles. The lowest BCUT2D eigenvalue weighted by Crippen LogP contribution is -2.33. The van der Waals surface area contributed by atoms with Crippen molar-refractivity contribution >= 4 is 22.3 Å². The zero-order valence-electron chi connectivity index (χ0n) is 10.8. The van der Waals surface area contributed by atoms with Gasteiger partial charge in [0.25, 0.3) is 0 Å². The molecule has 1 fully saturated rings. The van der Waals surface area contributed by atoms with E-state index in [4.69, 9.17) is 5.73 Å². The summed E-state index contributed by atoms with van der Waals surface area (Å²) in [7, 11) is 0. The first kappa shape index (κ1) is 11.4. The Morgan fingerprint density at radius 1 is 1.33 bits per heavy atom. The predicted octanol–water partition coefficient (Wildman–Crippen LogP) is 2.91.